The van der Waals surface area contributed by atoms with Crippen LogP contribution >= 0.6 is 11.6 Å². The predicted octanol–water partition coefficient (Wildman–Crippen LogP) is 2.96. The Labute approximate surface area is 106 Å². The number of nitrogens with zero attached hydrogens (tertiary/aromatic N) is 1. The van der Waals surface area contributed by atoms with Crippen molar-refractivity contribution >= 4 is 22.5 Å². The lowest BCUT2D eigenvalue weighted by Crippen LogP contribution is -2.08. The summed E-state index contributed by atoms with van der Waals surface area (Å²) in [6, 6.07) is 8.00. The maximum atomic E-state index is 5.99. The maximum absolute atomic E-state index is 5.99. The van der Waals surface area contributed by atoms with Gasteiger partial charge in [0.15, 0.2) is 0 Å². The Morgan fingerprint density at radius 3 is 2.88 bits per heavy atom. The third kappa shape index (κ3) is 3.22. The first-order valence-corrected chi connectivity index (χ1v) is 6.00. The van der Waals surface area contributed by atoms with Crippen molar-refractivity contribution in [3.63, 3.8) is 0 Å². The number of halogens is 1. The van der Waals surface area contributed by atoms with Gasteiger partial charge in [-0.15, -0.1) is 0 Å². The fraction of sp³-hybridized carbons (Fsp3) is 0.385. The Morgan fingerprint density at radius 1 is 1.18 bits per heavy atom. The topological polar surface area (TPSA) is 23.4 Å². The fourth-order valence-electron chi connectivity index (χ4n) is 1.76. The number of fused-ring (bicyclic) bond motifs is 1. The zero-order valence-electron chi connectivity index (χ0n) is 9.86. The van der Waals surface area contributed by atoms with Crippen LogP contribution in [0.4, 0.5) is 0 Å². The van der Waals surface area contributed by atoms with Crippen molar-refractivity contribution in [2.45, 2.75) is 6.54 Å². The standard InChI is InChI=1S/C13H16ClNO2/c1-16-8-9-17-7-6-15-5-4-11-2-3-12(14)10-13(11)15/h2-5,10H,6-9H2,1H3. The molecule has 0 bridgehead atoms. The zero-order chi connectivity index (χ0) is 12.1. The molecule has 3 nitrogen and oxygen atoms in total. The summed E-state index contributed by atoms with van der Waals surface area (Å²) in [5.74, 6) is 0. The molecule has 0 amide bonds. The van der Waals surface area contributed by atoms with Crippen LogP contribution in [-0.2, 0) is 16.0 Å². The van der Waals surface area contributed by atoms with E-state index in [0.717, 1.165) is 17.1 Å². The molecule has 0 aliphatic carbocycles. The molecule has 0 saturated carbocycles. The van der Waals surface area contributed by atoms with Crippen LogP contribution < -0.4 is 0 Å². The second-order valence-electron chi connectivity index (χ2n) is 3.82. The summed E-state index contributed by atoms with van der Waals surface area (Å²) >= 11 is 5.99. The van der Waals surface area contributed by atoms with E-state index in [1.807, 2.05) is 18.2 Å². The zero-order valence-corrected chi connectivity index (χ0v) is 10.6. The molecule has 4 heteroatoms. The Bertz CT molecular complexity index is 481. The minimum absolute atomic E-state index is 0.635. The average Bonchev–Trinajstić information content (AvgIpc) is 2.72. The van der Waals surface area contributed by atoms with Gasteiger partial charge in [-0.2, -0.15) is 0 Å². The summed E-state index contributed by atoms with van der Waals surface area (Å²) in [5, 5.41) is 1.96. The van der Waals surface area contributed by atoms with Crippen molar-refractivity contribution in [3.05, 3.63) is 35.5 Å². The van der Waals surface area contributed by atoms with Gasteiger partial charge < -0.3 is 14.0 Å². The highest BCUT2D eigenvalue weighted by molar-refractivity contribution is 6.31. The van der Waals surface area contributed by atoms with Crippen LogP contribution in [0.2, 0.25) is 5.02 Å². The molecule has 0 spiro atoms. The summed E-state index contributed by atoms with van der Waals surface area (Å²) in [6.07, 6.45) is 2.06. The first-order valence-electron chi connectivity index (χ1n) is 5.62. The lowest BCUT2D eigenvalue weighted by atomic mass is 10.2. The molecule has 0 atom stereocenters. The van der Waals surface area contributed by atoms with Crippen LogP contribution in [0.1, 0.15) is 0 Å². The van der Waals surface area contributed by atoms with E-state index in [9.17, 15) is 0 Å². The van der Waals surface area contributed by atoms with E-state index >= 15 is 0 Å². The molecular formula is C13H16ClNO2. The van der Waals surface area contributed by atoms with E-state index in [1.54, 1.807) is 7.11 Å². The molecule has 2 aromatic rings. The van der Waals surface area contributed by atoms with Gasteiger partial charge in [0, 0.05) is 30.4 Å². The second kappa shape index (κ2) is 6.05. The van der Waals surface area contributed by atoms with E-state index in [2.05, 4.69) is 16.8 Å². The van der Waals surface area contributed by atoms with Gasteiger partial charge in [0.1, 0.15) is 0 Å². The van der Waals surface area contributed by atoms with E-state index in [1.165, 1.54) is 5.39 Å². The van der Waals surface area contributed by atoms with Crippen molar-refractivity contribution < 1.29 is 9.47 Å². The molecular weight excluding hydrogens is 238 g/mol. The van der Waals surface area contributed by atoms with Gasteiger partial charge in [0.25, 0.3) is 0 Å². The number of hydrogen-bond donors (Lipinski definition) is 0. The molecule has 1 aromatic heterocycles. The molecule has 0 unspecified atom stereocenters. The fourth-order valence-corrected chi connectivity index (χ4v) is 1.93. The Balaban J connectivity index is 1.96. The van der Waals surface area contributed by atoms with Gasteiger partial charge >= 0.3 is 0 Å². The van der Waals surface area contributed by atoms with E-state index in [4.69, 9.17) is 21.1 Å². The van der Waals surface area contributed by atoms with Gasteiger partial charge in [0.05, 0.1) is 19.8 Å². The first-order chi connectivity index (χ1) is 8.31. The number of rotatable bonds is 6. The van der Waals surface area contributed by atoms with Gasteiger partial charge in [-0.3, -0.25) is 0 Å². The molecule has 0 fully saturated rings. The monoisotopic (exact) mass is 253 g/mol. The summed E-state index contributed by atoms with van der Waals surface area (Å²) in [6.45, 7) is 2.78. The molecule has 0 N–H and O–H groups in total. The highest BCUT2D eigenvalue weighted by Crippen LogP contribution is 2.20. The van der Waals surface area contributed by atoms with Crippen molar-refractivity contribution in [3.8, 4) is 0 Å². The average molecular weight is 254 g/mol. The molecule has 1 aromatic carbocycles. The highest BCUT2D eigenvalue weighted by atomic mass is 35.5. The van der Waals surface area contributed by atoms with Crippen LogP contribution in [0, 0.1) is 0 Å². The summed E-state index contributed by atoms with van der Waals surface area (Å²) in [5.41, 5.74) is 1.15. The minimum Gasteiger partial charge on any atom is -0.382 e. The second-order valence-corrected chi connectivity index (χ2v) is 4.25. The minimum atomic E-state index is 0.635. The van der Waals surface area contributed by atoms with Crippen LogP contribution in [0.15, 0.2) is 30.5 Å². The van der Waals surface area contributed by atoms with Gasteiger partial charge in [-0.25, -0.2) is 0 Å². The van der Waals surface area contributed by atoms with Crippen molar-refractivity contribution in [1.82, 2.24) is 4.57 Å². The normalized spacial score (nSPS) is 11.2. The molecule has 0 aliphatic heterocycles. The van der Waals surface area contributed by atoms with Gasteiger partial charge in [-0.1, -0.05) is 17.7 Å². The summed E-state index contributed by atoms with van der Waals surface area (Å²) in [7, 11) is 1.67. The number of methoxy groups -OCH3 is 1. The SMILES string of the molecule is COCCOCCn1ccc2ccc(Cl)cc21. The van der Waals surface area contributed by atoms with Crippen molar-refractivity contribution in [2.24, 2.45) is 0 Å². The van der Waals surface area contributed by atoms with Crippen molar-refractivity contribution in [1.29, 1.82) is 0 Å². The Kier molecular flexibility index (Phi) is 4.42. The Hall–Kier alpha value is -1.03. The lowest BCUT2D eigenvalue weighted by Gasteiger charge is -2.06. The van der Waals surface area contributed by atoms with Gasteiger partial charge in [-0.05, 0) is 23.6 Å². The molecule has 92 valence electrons. The van der Waals surface area contributed by atoms with Crippen LogP contribution in [0.5, 0.6) is 0 Å². The quantitative estimate of drug-likeness (QED) is 0.739. The van der Waals surface area contributed by atoms with Crippen LogP contribution in [0.3, 0.4) is 0 Å². The summed E-state index contributed by atoms with van der Waals surface area (Å²) in [4.78, 5) is 0. The largest absolute Gasteiger partial charge is 0.382 e. The van der Waals surface area contributed by atoms with E-state index in [0.29, 0.717) is 19.8 Å². The Morgan fingerprint density at radius 2 is 2.06 bits per heavy atom. The summed E-state index contributed by atoms with van der Waals surface area (Å²) < 4.78 is 12.5. The molecule has 2 rings (SSSR count). The number of ether oxygens (including phenoxy) is 2. The molecule has 17 heavy (non-hydrogen) atoms. The van der Waals surface area contributed by atoms with E-state index < -0.39 is 0 Å². The third-order valence-electron chi connectivity index (χ3n) is 2.64. The molecule has 0 radical (unpaired) electrons. The smallest absolute Gasteiger partial charge is 0.0701 e. The first kappa shape index (κ1) is 12.4. The third-order valence-corrected chi connectivity index (χ3v) is 2.88. The molecule has 0 aliphatic rings. The molecule has 0 saturated heterocycles. The highest BCUT2D eigenvalue weighted by Gasteiger charge is 2.01. The number of hydrogen-bond acceptors (Lipinski definition) is 2. The lowest BCUT2D eigenvalue weighted by molar-refractivity contribution is 0.0670. The van der Waals surface area contributed by atoms with Crippen molar-refractivity contribution in [2.75, 3.05) is 26.9 Å². The predicted molar refractivity (Wildman–Crippen MR) is 69.6 cm³/mol. The van der Waals surface area contributed by atoms with E-state index in [-0.39, 0.29) is 0 Å². The number of benzene rings is 1. The number of aromatic nitrogens is 1. The van der Waals surface area contributed by atoms with Gasteiger partial charge in [0.2, 0.25) is 0 Å². The van der Waals surface area contributed by atoms with Crippen LogP contribution in [0.25, 0.3) is 10.9 Å². The van der Waals surface area contributed by atoms with Crippen LogP contribution in [-0.4, -0.2) is 31.5 Å². The molecule has 1 heterocycles. The maximum Gasteiger partial charge on any atom is 0.0701 e.